The second-order valence-electron chi connectivity index (χ2n) is 9.11. The molecular formula is C23H31N3O4. The van der Waals surface area contributed by atoms with Crippen LogP contribution in [0, 0.1) is 17.8 Å². The lowest BCUT2D eigenvalue weighted by atomic mass is 9.88. The third-order valence-electron chi connectivity index (χ3n) is 7.31. The number of allylic oxidation sites excluding steroid dienone is 1. The third kappa shape index (κ3) is 3.24. The maximum Gasteiger partial charge on any atom is 0.258 e. The molecule has 4 atom stereocenters. The molecule has 5 rings (SSSR count). The Morgan fingerprint density at radius 1 is 1.27 bits per heavy atom. The zero-order valence-corrected chi connectivity index (χ0v) is 17.6. The minimum Gasteiger partial charge on any atom is -0.396 e. The predicted octanol–water partition coefficient (Wildman–Crippen LogP) is 1.11. The Kier molecular flexibility index (Phi) is 5.29. The van der Waals surface area contributed by atoms with Crippen LogP contribution < -0.4 is 5.56 Å². The van der Waals surface area contributed by atoms with Gasteiger partial charge in [-0.05, 0) is 37.8 Å². The van der Waals surface area contributed by atoms with E-state index in [0.29, 0.717) is 44.3 Å². The van der Waals surface area contributed by atoms with E-state index >= 15 is 0 Å². The summed E-state index contributed by atoms with van der Waals surface area (Å²) in [6, 6.07) is 3.65. The van der Waals surface area contributed by atoms with Crippen LogP contribution in [0.25, 0.3) is 6.08 Å². The van der Waals surface area contributed by atoms with Gasteiger partial charge in [0.05, 0.1) is 25.3 Å². The Bertz CT molecular complexity index is 900. The monoisotopic (exact) mass is 413 g/mol. The van der Waals surface area contributed by atoms with Crippen LogP contribution >= 0.6 is 0 Å². The van der Waals surface area contributed by atoms with Crippen LogP contribution in [0.1, 0.15) is 37.1 Å². The summed E-state index contributed by atoms with van der Waals surface area (Å²) in [5.41, 5.74) is 1.71. The van der Waals surface area contributed by atoms with Gasteiger partial charge in [-0.1, -0.05) is 12.2 Å². The third-order valence-corrected chi connectivity index (χ3v) is 7.31. The highest BCUT2D eigenvalue weighted by molar-refractivity contribution is 5.83. The number of aliphatic hydroxyl groups excluding tert-OH is 1. The fraction of sp³-hybridized carbons (Fsp3) is 0.652. The molecule has 4 aliphatic rings. The van der Waals surface area contributed by atoms with Crippen molar-refractivity contribution in [2.45, 2.75) is 38.4 Å². The van der Waals surface area contributed by atoms with Gasteiger partial charge in [0.25, 0.3) is 5.56 Å². The number of carbonyl (C=O) groups excluding carboxylic acids is 1. The van der Waals surface area contributed by atoms with Crippen molar-refractivity contribution < 1.29 is 14.6 Å². The van der Waals surface area contributed by atoms with Crippen LogP contribution in [0.2, 0.25) is 0 Å². The zero-order valence-electron chi connectivity index (χ0n) is 17.6. The van der Waals surface area contributed by atoms with E-state index in [9.17, 15) is 14.7 Å². The van der Waals surface area contributed by atoms with Crippen molar-refractivity contribution in [3.05, 3.63) is 39.8 Å². The van der Waals surface area contributed by atoms with E-state index in [1.807, 2.05) is 34.6 Å². The molecule has 3 fully saturated rings. The summed E-state index contributed by atoms with van der Waals surface area (Å²) in [6.45, 7) is 5.69. The summed E-state index contributed by atoms with van der Waals surface area (Å²) < 4.78 is 7.31. The number of aromatic nitrogens is 1. The van der Waals surface area contributed by atoms with Gasteiger partial charge in [-0.25, -0.2) is 0 Å². The second kappa shape index (κ2) is 7.94. The summed E-state index contributed by atoms with van der Waals surface area (Å²) in [4.78, 5) is 30.8. The quantitative estimate of drug-likeness (QED) is 0.783. The molecular weight excluding hydrogens is 382 g/mol. The molecule has 1 aliphatic carbocycles. The Balaban J connectivity index is 1.53. The molecule has 1 aromatic heterocycles. The molecule has 30 heavy (non-hydrogen) atoms. The van der Waals surface area contributed by atoms with Crippen molar-refractivity contribution in [2.24, 2.45) is 17.8 Å². The van der Waals surface area contributed by atoms with Crippen molar-refractivity contribution in [3.8, 4) is 0 Å². The largest absolute Gasteiger partial charge is 0.396 e. The smallest absolute Gasteiger partial charge is 0.258 e. The molecule has 0 bridgehead atoms. The van der Waals surface area contributed by atoms with E-state index in [1.54, 1.807) is 0 Å². The number of ether oxygens (including phenoxy) is 1. The van der Waals surface area contributed by atoms with Gasteiger partial charge < -0.3 is 19.3 Å². The Morgan fingerprint density at radius 2 is 2.03 bits per heavy atom. The van der Waals surface area contributed by atoms with Gasteiger partial charge in [-0.2, -0.15) is 0 Å². The first kappa shape index (κ1) is 20.0. The van der Waals surface area contributed by atoms with Crippen LogP contribution in [-0.4, -0.2) is 70.9 Å². The van der Waals surface area contributed by atoms with Gasteiger partial charge in [-0.3, -0.25) is 14.5 Å². The van der Waals surface area contributed by atoms with E-state index in [-0.39, 0.29) is 42.0 Å². The molecule has 7 heteroatoms. The first-order valence-electron chi connectivity index (χ1n) is 11.2. The van der Waals surface area contributed by atoms with E-state index in [4.69, 9.17) is 4.74 Å². The Labute approximate surface area is 176 Å². The van der Waals surface area contributed by atoms with Crippen LogP contribution in [-0.2, 0) is 16.1 Å². The highest BCUT2D eigenvalue weighted by Gasteiger charge is 2.56. The van der Waals surface area contributed by atoms with Crippen LogP contribution in [0.3, 0.4) is 0 Å². The number of morpholine rings is 1. The molecule has 162 valence electrons. The molecule has 3 aliphatic heterocycles. The standard InChI is InChI=1S/C23H31N3O4/c1-2-3-16-6-7-19-20-17(13-25(19)22(16)28)18(14-27)21(26(20)12-15-4-5-15)23(29)24-8-10-30-11-9-24/h2-3,6-7,15,17-18,20-21,27H,4-5,8-14H2,1H3/b3-2+/t17-,18-,20+,21-/m0/s1. The first-order valence-corrected chi connectivity index (χ1v) is 11.2. The van der Waals surface area contributed by atoms with Gasteiger partial charge in [-0.15, -0.1) is 0 Å². The summed E-state index contributed by atoms with van der Waals surface area (Å²) in [5.74, 6) is 0.656. The van der Waals surface area contributed by atoms with Gasteiger partial charge in [0.1, 0.15) is 0 Å². The number of hydrogen-bond acceptors (Lipinski definition) is 5. The first-order chi connectivity index (χ1) is 14.6. The normalized spacial score (nSPS) is 31.3. The van der Waals surface area contributed by atoms with E-state index in [1.165, 1.54) is 12.8 Å². The number of fused-ring (bicyclic) bond motifs is 3. The minimum absolute atomic E-state index is 0.0186. The number of amides is 1. The number of pyridine rings is 1. The predicted molar refractivity (Wildman–Crippen MR) is 113 cm³/mol. The Hall–Kier alpha value is -1.96. The molecule has 1 amide bonds. The lowest BCUT2D eigenvalue weighted by Gasteiger charge is -2.36. The van der Waals surface area contributed by atoms with Crippen molar-refractivity contribution in [3.63, 3.8) is 0 Å². The maximum atomic E-state index is 13.6. The number of nitrogens with zero attached hydrogens (tertiary/aromatic N) is 3. The summed E-state index contributed by atoms with van der Waals surface area (Å²) >= 11 is 0. The van der Waals surface area contributed by atoms with Crippen molar-refractivity contribution in [2.75, 3.05) is 39.5 Å². The molecule has 1 N–H and O–H groups in total. The van der Waals surface area contributed by atoms with Crippen LogP contribution in [0.15, 0.2) is 23.0 Å². The number of carbonyl (C=O) groups is 1. The summed E-state index contributed by atoms with van der Waals surface area (Å²) in [6.07, 6.45) is 6.12. The average molecular weight is 414 g/mol. The molecule has 0 spiro atoms. The fourth-order valence-corrected chi connectivity index (χ4v) is 5.69. The summed E-state index contributed by atoms with van der Waals surface area (Å²) in [7, 11) is 0. The minimum atomic E-state index is -0.317. The number of aliphatic hydroxyl groups is 1. The SMILES string of the molecule is C/C=C/c1ccc2n(c1=O)C[C@H]1[C@H](CO)[C@@H](C(=O)N3CCOCC3)N(CC3CC3)[C@@H]21. The van der Waals surface area contributed by atoms with Crippen molar-refractivity contribution in [1.29, 1.82) is 0 Å². The fourth-order valence-electron chi connectivity index (χ4n) is 5.69. The molecule has 0 radical (unpaired) electrons. The zero-order chi connectivity index (χ0) is 20.8. The average Bonchev–Trinajstić information content (AvgIpc) is 3.43. The van der Waals surface area contributed by atoms with E-state index in [2.05, 4.69) is 11.0 Å². The second-order valence-corrected chi connectivity index (χ2v) is 9.11. The van der Waals surface area contributed by atoms with E-state index in [0.717, 1.165) is 12.2 Å². The van der Waals surface area contributed by atoms with Crippen LogP contribution in [0.4, 0.5) is 0 Å². The molecule has 2 saturated heterocycles. The van der Waals surface area contributed by atoms with Crippen molar-refractivity contribution in [1.82, 2.24) is 14.4 Å². The van der Waals surface area contributed by atoms with Gasteiger partial charge in [0, 0.05) is 55.9 Å². The lowest BCUT2D eigenvalue weighted by Crippen LogP contribution is -2.53. The maximum absolute atomic E-state index is 13.6. The van der Waals surface area contributed by atoms with Gasteiger partial charge in [0.15, 0.2) is 0 Å². The van der Waals surface area contributed by atoms with Crippen LogP contribution in [0.5, 0.6) is 0 Å². The molecule has 7 nitrogen and oxygen atoms in total. The molecule has 0 aromatic carbocycles. The highest BCUT2D eigenvalue weighted by atomic mass is 16.5. The van der Waals surface area contributed by atoms with Gasteiger partial charge >= 0.3 is 0 Å². The van der Waals surface area contributed by atoms with Gasteiger partial charge in [0.2, 0.25) is 5.91 Å². The number of hydrogen-bond donors (Lipinski definition) is 1. The lowest BCUT2D eigenvalue weighted by molar-refractivity contribution is -0.142. The topological polar surface area (TPSA) is 75.0 Å². The van der Waals surface area contributed by atoms with Crippen molar-refractivity contribution >= 4 is 12.0 Å². The molecule has 1 saturated carbocycles. The summed E-state index contributed by atoms with van der Waals surface area (Å²) in [5, 5.41) is 10.4. The number of likely N-dealkylation sites (tertiary alicyclic amines) is 1. The molecule has 4 heterocycles. The molecule has 1 aromatic rings. The molecule has 0 unspecified atom stereocenters. The van der Waals surface area contributed by atoms with E-state index < -0.39 is 0 Å². The highest BCUT2D eigenvalue weighted by Crippen LogP contribution is 2.51. The Morgan fingerprint density at radius 3 is 2.70 bits per heavy atom. The number of rotatable bonds is 5.